The molecule has 0 aromatic carbocycles. The summed E-state index contributed by atoms with van der Waals surface area (Å²) in [6.45, 7) is 6.71. The molecule has 116 valence electrons. The van der Waals surface area contributed by atoms with Gasteiger partial charge in [-0.2, -0.15) is 4.98 Å². The van der Waals surface area contributed by atoms with Crippen LogP contribution in [0.2, 0.25) is 0 Å². The predicted molar refractivity (Wildman–Crippen MR) is 84.6 cm³/mol. The number of hydrogen-bond donors (Lipinski definition) is 2. The Kier molecular flexibility index (Phi) is 5.36. The fraction of sp³-hybridized carbons (Fsp3) is 0.667. The second kappa shape index (κ2) is 7.24. The number of nitrogens with zero attached hydrogens (tertiary/aromatic N) is 3. The molecule has 1 aromatic heterocycles. The van der Waals surface area contributed by atoms with Crippen molar-refractivity contribution in [2.75, 3.05) is 36.9 Å². The molecule has 2 heterocycles. The van der Waals surface area contributed by atoms with E-state index < -0.39 is 0 Å². The van der Waals surface area contributed by atoms with E-state index in [1.165, 1.54) is 0 Å². The molecule has 2 N–H and O–H groups in total. The molecule has 6 nitrogen and oxygen atoms in total. The highest BCUT2D eigenvalue weighted by Gasteiger charge is 2.25. The summed E-state index contributed by atoms with van der Waals surface area (Å²) in [6.07, 6.45) is 2.80. The molecule has 0 saturated carbocycles. The number of aromatic nitrogens is 2. The van der Waals surface area contributed by atoms with Gasteiger partial charge in [0.25, 0.3) is 0 Å². The summed E-state index contributed by atoms with van der Waals surface area (Å²) in [5.74, 6) is 1.93. The third-order valence-corrected chi connectivity index (χ3v) is 3.81. The highest BCUT2D eigenvalue weighted by molar-refractivity contribution is 5.78. The molecule has 0 unspecified atom stereocenters. The number of aryl methyl sites for hydroxylation is 1. The zero-order valence-corrected chi connectivity index (χ0v) is 13.1. The third-order valence-electron chi connectivity index (χ3n) is 3.81. The van der Waals surface area contributed by atoms with Crippen molar-refractivity contribution < 1.29 is 4.79 Å². The van der Waals surface area contributed by atoms with E-state index in [-0.39, 0.29) is 11.8 Å². The fourth-order valence-corrected chi connectivity index (χ4v) is 2.60. The zero-order chi connectivity index (χ0) is 15.2. The average Bonchev–Trinajstić information content (AvgIpc) is 2.51. The second-order valence-corrected chi connectivity index (χ2v) is 5.49. The zero-order valence-electron chi connectivity index (χ0n) is 13.1. The van der Waals surface area contributed by atoms with Crippen molar-refractivity contribution in [1.29, 1.82) is 0 Å². The van der Waals surface area contributed by atoms with Crippen LogP contribution in [0.1, 0.15) is 31.9 Å². The molecule has 0 radical (unpaired) electrons. The Hall–Kier alpha value is -1.85. The molecule has 0 atom stereocenters. The van der Waals surface area contributed by atoms with Gasteiger partial charge in [0, 0.05) is 44.4 Å². The highest BCUT2D eigenvalue weighted by Crippen LogP contribution is 2.23. The van der Waals surface area contributed by atoms with Gasteiger partial charge in [0.05, 0.1) is 0 Å². The van der Waals surface area contributed by atoms with Crippen LogP contribution in [0.3, 0.4) is 0 Å². The summed E-state index contributed by atoms with van der Waals surface area (Å²) in [7, 11) is 1.70. The Morgan fingerprint density at radius 2 is 2.10 bits per heavy atom. The number of carbonyl (C=O) groups excluding carboxylic acids is 1. The van der Waals surface area contributed by atoms with Crippen LogP contribution in [0, 0.1) is 12.8 Å². The average molecular weight is 291 g/mol. The molecule has 2 rings (SSSR count). The Bertz CT molecular complexity index is 483. The molecule has 1 aliphatic rings. The summed E-state index contributed by atoms with van der Waals surface area (Å²) in [6, 6.07) is 2.01. The Morgan fingerprint density at radius 3 is 2.71 bits per heavy atom. The van der Waals surface area contributed by atoms with E-state index in [2.05, 4.69) is 32.4 Å². The second-order valence-electron chi connectivity index (χ2n) is 5.49. The van der Waals surface area contributed by atoms with Crippen molar-refractivity contribution >= 4 is 17.7 Å². The molecule has 0 spiro atoms. The SMILES string of the molecule is CCCNc1nc(C)cc(N2CCC(C(=O)NC)CC2)n1. The predicted octanol–water partition coefficient (Wildman–Crippen LogP) is 1.57. The first-order valence-electron chi connectivity index (χ1n) is 7.70. The Balaban J connectivity index is 2.02. The number of rotatable bonds is 5. The van der Waals surface area contributed by atoms with Crippen LogP contribution in [0.15, 0.2) is 6.07 Å². The van der Waals surface area contributed by atoms with Crippen LogP contribution in [0.5, 0.6) is 0 Å². The minimum absolute atomic E-state index is 0.131. The smallest absolute Gasteiger partial charge is 0.224 e. The Labute approximate surface area is 126 Å². The van der Waals surface area contributed by atoms with E-state index in [1.54, 1.807) is 7.05 Å². The molecule has 1 amide bonds. The van der Waals surface area contributed by atoms with Crippen LogP contribution >= 0.6 is 0 Å². The lowest BCUT2D eigenvalue weighted by molar-refractivity contribution is -0.125. The quantitative estimate of drug-likeness (QED) is 0.862. The topological polar surface area (TPSA) is 70.2 Å². The first-order valence-corrected chi connectivity index (χ1v) is 7.70. The lowest BCUT2D eigenvalue weighted by atomic mass is 9.96. The largest absolute Gasteiger partial charge is 0.359 e. The van der Waals surface area contributed by atoms with E-state index >= 15 is 0 Å². The van der Waals surface area contributed by atoms with Crippen LogP contribution in [0.4, 0.5) is 11.8 Å². The van der Waals surface area contributed by atoms with Crippen molar-refractivity contribution in [3.05, 3.63) is 11.8 Å². The van der Waals surface area contributed by atoms with E-state index in [0.717, 1.165) is 50.4 Å². The fourth-order valence-electron chi connectivity index (χ4n) is 2.60. The number of piperidine rings is 1. The molecular weight excluding hydrogens is 266 g/mol. The van der Waals surface area contributed by atoms with Crippen molar-refractivity contribution in [1.82, 2.24) is 15.3 Å². The molecule has 0 aliphatic carbocycles. The molecule has 1 aliphatic heterocycles. The highest BCUT2D eigenvalue weighted by atomic mass is 16.1. The van der Waals surface area contributed by atoms with Crippen LogP contribution < -0.4 is 15.5 Å². The minimum atomic E-state index is 0.131. The van der Waals surface area contributed by atoms with Crippen molar-refractivity contribution in [2.24, 2.45) is 5.92 Å². The number of carbonyl (C=O) groups is 1. The van der Waals surface area contributed by atoms with Crippen LogP contribution in [-0.4, -0.2) is 42.6 Å². The van der Waals surface area contributed by atoms with Crippen LogP contribution in [-0.2, 0) is 4.79 Å². The van der Waals surface area contributed by atoms with Gasteiger partial charge in [-0.15, -0.1) is 0 Å². The van der Waals surface area contributed by atoms with E-state index in [9.17, 15) is 4.79 Å². The van der Waals surface area contributed by atoms with Gasteiger partial charge in [-0.3, -0.25) is 4.79 Å². The van der Waals surface area contributed by atoms with Crippen LogP contribution in [0.25, 0.3) is 0 Å². The molecule has 0 bridgehead atoms. The monoisotopic (exact) mass is 291 g/mol. The van der Waals surface area contributed by atoms with Crippen molar-refractivity contribution in [3.8, 4) is 0 Å². The summed E-state index contributed by atoms with van der Waals surface area (Å²) in [4.78, 5) is 22.9. The van der Waals surface area contributed by atoms with Gasteiger partial charge < -0.3 is 15.5 Å². The van der Waals surface area contributed by atoms with Gasteiger partial charge in [0.1, 0.15) is 5.82 Å². The molecule has 1 aromatic rings. The normalized spacial score (nSPS) is 15.9. The van der Waals surface area contributed by atoms with Gasteiger partial charge in [-0.25, -0.2) is 4.98 Å². The number of nitrogens with one attached hydrogen (secondary N) is 2. The summed E-state index contributed by atoms with van der Waals surface area (Å²) in [5, 5.41) is 5.98. The number of amides is 1. The number of hydrogen-bond acceptors (Lipinski definition) is 5. The van der Waals surface area contributed by atoms with Gasteiger partial charge in [0.2, 0.25) is 11.9 Å². The lowest BCUT2D eigenvalue weighted by Gasteiger charge is -2.32. The lowest BCUT2D eigenvalue weighted by Crippen LogP contribution is -2.40. The number of anilines is 2. The van der Waals surface area contributed by atoms with E-state index in [1.807, 2.05) is 13.0 Å². The van der Waals surface area contributed by atoms with Gasteiger partial charge in [-0.1, -0.05) is 6.92 Å². The summed E-state index contributed by atoms with van der Waals surface area (Å²) >= 11 is 0. The molecule has 1 saturated heterocycles. The summed E-state index contributed by atoms with van der Waals surface area (Å²) < 4.78 is 0. The van der Waals surface area contributed by atoms with E-state index in [4.69, 9.17) is 0 Å². The standard InChI is InChI=1S/C15H25N5O/c1-4-7-17-15-18-11(2)10-13(19-15)20-8-5-12(6-9-20)14(21)16-3/h10,12H,4-9H2,1-3H3,(H,16,21)(H,17,18,19). The van der Waals surface area contributed by atoms with Gasteiger partial charge in [-0.05, 0) is 26.2 Å². The maximum absolute atomic E-state index is 11.7. The minimum Gasteiger partial charge on any atom is -0.359 e. The van der Waals surface area contributed by atoms with Gasteiger partial charge in [0.15, 0.2) is 0 Å². The first-order chi connectivity index (χ1) is 10.1. The van der Waals surface area contributed by atoms with E-state index in [0.29, 0.717) is 5.95 Å². The third kappa shape index (κ3) is 4.06. The molecule has 1 fully saturated rings. The maximum Gasteiger partial charge on any atom is 0.224 e. The molecule has 21 heavy (non-hydrogen) atoms. The van der Waals surface area contributed by atoms with Crippen molar-refractivity contribution in [3.63, 3.8) is 0 Å². The molecular formula is C15H25N5O. The Morgan fingerprint density at radius 1 is 1.38 bits per heavy atom. The first kappa shape index (κ1) is 15.5. The van der Waals surface area contributed by atoms with Gasteiger partial charge >= 0.3 is 0 Å². The summed E-state index contributed by atoms with van der Waals surface area (Å²) in [5.41, 5.74) is 0.965. The maximum atomic E-state index is 11.7. The molecule has 6 heteroatoms. The van der Waals surface area contributed by atoms with Crippen molar-refractivity contribution in [2.45, 2.75) is 33.1 Å².